The van der Waals surface area contributed by atoms with E-state index in [0.717, 1.165) is 17.0 Å². The number of esters is 1. The molecule has 21 heavy (non-hydrogen) atoms. The summed E-state index contributed by atoms with van der Waals surface area (Å²) in [6.45, 7) is 1.21. The molecule has 0 saturated carbocycles. The number of hydrogen-bond donors (Lipinski definition) is 1. The molecule has 3 rings (SSSR count). The van der Waals surface area contributed by atoms with Crippen molar-refractivity contribution in [1.29, 1.82) is 0 Å². The van der Waals surface area contributed by atoms with E-state index in [1.807, 2.05) is 54.6 Å². The summed E-state index contributed by atoms with van der Waals surface area (Å²) in [5.41, 5.74) is 2.02. The number of anilines is 1. The minimum absolute atomic E-state index is 0.205. The largest absolute Gasteiger partial charge is 0.490 e. The molecule has 1 N–H and O–H groups in total. The maximum absolute atomic E-state index is 12.1. The lowest BCUT2D eigenvalue weighted by Crippen LogP contribution is -2.20. The number of para-hydroxylation sites is 2. The predicted molar refractivity (Wildman–Crippen MR) is 80.6 cm³/mol. The second-order valence-electron chi connectivity index (χ2n) is 4.85. The second-order valence-corrected chi connectivity index (χ2v) is 4.85. The van der Waals surface area contributed by atoms with Gasteiger partial charge in [0.25, 0.3) is 0 Å². The molecule has 0 bridgehead atoms. The van der Waals surface area contributed by atoms with Crippen LogP contribution >= 0.6 is 0 Å². The first-order valence-electron chi connectivity index (χ1n) is 7.02. The first-order valence-corrected chi connectivity index (χ1v) is 7.02. The van der Waals surface area contributed by atoms with E-state index in [0.29, 0.717) is 13.2 Å². The SMILES string of the molecule is O=C(OCCOc1ccccc1)C1CNc2ccccc21. The number of hydrogen-bond acceptors (Lipinski definition) is 4. The Balaban J connectivity index is 1.47. The molecule has 0 saturated heterocycles. The van der Waals surface area contributed by atoms with Gasteiger partial charge in [-0.15, -0.1) is 0 Å². The van der Waals surface area contributed by atoms with E-state index >= 15 is 0 Å². The fourth-order valence-corrected chi connectivity index (χ4v) is 2.41. The van der Waals surface area contributed by atoms with Crippen LogP contribution in [0.4, 0.5) is 5.69 Å². The zero-order valence-corrected chi connectivity index (χ0v) is 11.6. The average Bonchev–Trinajstić information content (AvgIpc) is 2.96. The van der Waals surface area contributed by atoms with Crippen molar-refractivity contribution >= 4 is 11.7 Å². The van der Waals surface area contributed by atoms with Crippen molar-refractivity contribution in [2.45, 2.75) is 5.92 Å². The first kappa shape index (κ1) is 13.5. The molecule has 0 spiro atoms. The van der Waals surface area contributed by atoms with Crippen LogP contribution in [0.3, 0.4) is 0 Å². The van der Waals surface area contributed by atoms with Gasteiger partial charge in [0.2, 0.25) is 0 Å². The maximum atomic E-state index is 12.1. The standard InChI is InChI=1S/C17H17NO3/c19-17(15-12-18-16-9-5-4-8-14(15)16)21-11-10-20-13-6-2-1-3-7-13/h1-9,15,18H,10-12H2. The normalized spacial score (nSPS) is 15.9. The first-order chi connectivity index (χ1) is 10.3. The van der Waals surface area contributed by atoms with Gasteiger partial charge in [0.15, 0.2) is 0 Å². The highest BCUT2D eigenvalue weighted by Crippen LogP contribution is 2.31. The van der Waals surface area contributed by atoms with E-state index < -0.39 is 0 Å². The van der Waals surface area contributed by atoms with Crippen molar-refractivity contribution in [3.05, 3.63) is 60.2 Å². The van der Waals surface area contributed by atoms with Crippen LogP contribution in [-0.4, -0.2) is 25.7 Å². The van der Waals surface area contributed by atoms with Gasteiger partial charge >= 0.3 is 5.97 Å². The molecule has 0 aromatic heterocycles. The van der Waals surface area contributed by atoms with E-state index in [1.54, 1.807) is 0 Å². The molecular formula is C17H17NO3. The fourth-order valence-electron chi connectivity index (χ4n) is 2.41. The Morgan fingerprint density at radius 1 is 1.05 bits per heavy atom. The Hall–Kier alpha value is -2.49. The maximum Gasteiger partial charge on any atom is 0.315 e. The van der Waals surface area contributed by atoms with Gasteiger partial charge in [0.1, 0.15) is 24.9 Å². The van der Waals surface area contributed by atoms with Crippen molar-refractivity contribution in [1.82, 2.24) is 0 Å². The van der Waals surface area contributed by atoms with Crippen LogP contribution in [0.2, 0.25) is 0 Å². The summed E-state index contributed by atoms with van der Waals surface area (Å²) in [7, 11) is 0. The lowest BCUT2D eigenvalue weighted by Gasteiger charge is -2.11. The number of carbonyl (C=O) groups excluding carboxylic acids is 1. The van der Waals surface area contributed by atoms with E-state index in [1.165, 1.54) is 0 Å². The van der Waals surface area contributed by atoms with Gasteiger partial charge in [-0.2, -0.15) is 0 Å². The quantitative estimate of drug-likeness (QED) is 0.677. The summed E-state index contributed by atoms with van der Waals surface area (Å²) in [4.78, 5) is 12.1. The Bertz CT molecular complexity index is 612. The number of rotatable bonds is 5. The molecule has 2 aromatic carbocycles. The van der Waals surface area contributed by atoms with Crippen LogP contribution < -0.4 is 10.1 Å². The summed E-state index contributed by atoms with van der Waals surface area (Å²) in [5, 5.41) is 3.22. The zero-order chi connectivity index (χ0) is 14.5. The van der Waals surface area contributed by atoms with Crippen molar-refractivity contribution in [2.24, 2.45) is 0 Å². The lowest BCUT2D eigenvalue weighted by molar-refractivity contribution is -0.145. The summed E-state index contributed by atoms with van der Waals surface area (Å²) < 4.78 is 10.8. The van der Waals surface area contributed by atoms with E-state index in [9.17, 15) is 4.79 Å². The minimum atomic E-state index is -0.224. The number of carbonyl (C=O) groups is 1. The van der Waals surface area contributed by atoms with Crippen LogP contribution in [0, 0.1) is 0 Å². The summed E-state index contributed by atoms with van der Waals surface area (Å²) >= 11 is 0. The Morgan fingerprint density at radius 3 is 2.67 bits per heavy atom. The summed E-state index contributed by atoms with van der Waals surface area (Å²) in [6, 6.07) is 17.3. The molecule has 2 aromatic rings. The zero-order valence-electron chi connectivity index (χ0n) is 11.6. The van der Waals surface area contributed by atoms with Crippen molar-refractivity contribution in [3.63, 3.8) is 0 Å². The molecule has 0 fully saturated rings. The molecule has 108 valence electrons. The number of ether oxygens (including phenoxy) is 2. The summed E-state index contributed by atoms with van der Waals surface area (Å²) in [6.07, 6.45) is 0. The highest BCUT2D eigenvalue weighted by molar-refractivity contribution is 5.83. The lowest BCUT2D eigenvalue weighted by atomic mass is 10.0. The molecule has 1 aliphatic rings. The smallest absolute Gasteiger partial charge is 0.315 e. The van der Waals surface area contributed by atoms with E-state index in [2.05, 4.69) is 5.32 Å². The van der Waals surface area contributed by atoms with Gasteiger partial charge in [-0.25, -0.2) is 0 Å². The van der Waals surface area contributed by atoms with Gasteiger partial charge in [-0.05, 0) is 23.8 Å². The molecule has 4 heteroatoms. The van der Waals surface area contributed by atoms with Crippen LogP contribution in [0.5, 0.6) is 5.75 Å². The summed E-state index contributed by atoms with van der Waals surface area (Å²) in [5.74, 6) is 0.350. The van der Waals surface area contributed by atoms with Crippen molar-refractivity contribution in [3.8, 4) is 5.75 Å². The van der Waals surface area contributed by atoms with Crippen LogP contribution in [0.15, 0.2) is 54.6 Å². The highest BCUT2D eigenvalue weighted by atomic mass is 16.6. The monoisotopic (exact) mass is 283 g/mol. The molecule has 1 atom stereocenters. The van der Waals surface area contributed by atoms with Crippen molar-refractivity contribution in [2.75, 3.05) is 25.1 Å². The third-order valence-electron chi connectivity index (χ3n) is 3.46. The molecule has 4 nitrogen and oxygen atoms in total. The third-order valence-corrected chi connectivity index (χ3v) is 3.46. The van der Waals surface area contributed by atoms with Crippen LogP contribution in [0.1, 0.15) is 11.5 Å². The minimum Gasteiger partial charge on any atom is -0.490 e. The van der Waals surface area contributed by atoms with E-state index in [4.69, 9.17) is 9.47 Å². The van der Waals surface area contributed by atoms with Gasteiger partial charge in [-0.1, -0.05) is 36.4 Å². The van der Waals surface area contributed by atoms with Gasteiger partial charge in [-0.3, -0.25) is 4.79 Å². The fraction of sp³-hybridized carbons (Fsp3) is 0.235. The Morgan fingerprint density at radius 2 is 1.81 bits per heavy atom. The average molecular weight is 283 g/mol. The predicted octanol–water partition coefficient (Wildman–Crippen LogP) is 2.82. The number of nitrogens with one attached hydrogen (secondary N) is 1. The Labute approximate surface area is 123 Å². The third kappa shape index (κ3) is 3.16. The van der Waals surface area contributed by atoms with Crippen molar-refractivity contribution < 1.29 is 14.3 Å². The molecule has 1 unspecified atom stereocenters. The van der Waals surface area contributed by atoms with Crippen LogP contribution in [-0.2, 0) is 9.53 Å². The molecule has 0 amide bonds. The Kier molecular flexibility index (Phi) is 4.05. The second kappa shape index (κ2) is 6.31. The number of benzene rings is 2. The molecule has 0 radical (unpaired) electrons. The molecule has 1 aliphatic heterocycles. The van der Waals surface area contributed by atoms with E-state index in [-0.39, 0.29) is 18.5 Å². The van der Waals surface area contributed by atoms with Gasteiger partial charge in [0.05, 0.1) is 0 Å². The topological polar surface area (TPSA) is 47.6 Å². The van der Waals surface area contributed by atoms with Gasteiger partial charge in [0, 0.05) is 12.2 Å². The molecule has 0 aliphatic carbocycles. The van der Waals surface area contributed by atoms with Gasteiger partial charge < -0.3 is 14.8 Å². The number of fused-ring (bicyclic) bond motifs is 1. The highest BCUT2D eigenvalue weighted by Gasteiger charge is 2.29. The molecular weight excluding hydrogens is 266 g/mol. The molecule has 1 heterocycles. The van der Waals surface area contributed by atoms with Crippen LogP contribution in [0.25, 0.3) is 0 Å².